The van der Waals surface area contributed by atoms with E-state index < -0.39 is 0 Å². The molecule has 0 fully saturated rings. The fraction of sp³-hybridized carbons (Fsp3) is 0.200. The molecule has 0 aliphatic rings. The van der Waals surface area contributed by atoms with Crippen LogP contribution in [0.2, 0.25) is 0 Å². The van der Waals surface area contributed by atoms with E-state index in [-0.39, 0.29) is 0 Å². The molecule has 0 aliphatic heterocycles. The second kappa shape index (κ2) is 4.01. The molecule has 0 aliphatic carbocycles. The number of benzene rings is 1. The van der Waals surface area contributed by atoms with Gasteiger partial charge in [0.25, 0.3) is 0 Å². The normalized spacial score (nSPS) is 11.4. The largest absolute Gasteiger partial charge is 0.344 e. The average molecular weight is 211 g/mol. The Morgan fingerprint density at radius 1 is 1.25 bits per heavy atom. The highest BCUT2D eigenvalue weighted by Gasteiger charge is 2.08. The van der Waals surface area contributed by atoms with Gasteiger partial charge >= 0.3 is 0 Å². The highest BCUT2D eigenvalue weighted by Crippen LogP contribution is 2.26. The van der Waals surface area contributed by atoms with E-state index in [1.54, 1.807) is 0 Å². The minimum Gasteiger partial charge on any atom is -0.344 e. The summed E-state index contributed by atoms with van der Waals surface area (Å²) < 4.78 is 2.23. The molecule has 0 saturated heterocycles. The van der Waals surface area contributed by atoms with Gasteiger partial charge in [-0.05, 0) is 37.1 Å². The fourth-order valence-corrected chi connectivity index (χ4v) is 2.15. The van der Waals surface area contributed by atoms with Gasteiger partial charge in [-0.2, -0.15) is 0 Å². The summed E-state index contributed by atoms with van der Waals surface area (Å²) in [5, 5.41) is 1.33. The van der Waals surface area contributed by atoms with Gasteiger partial charge in [0, 0.05) is 23.6 Å². The third kappa shape index (κ3) is 1.58. The van der Waals surface area contributed by atoms with Crippen LogP contribution in [0.4, 0.5) is 0 Å². The van der Waals surface area contributed by atoms with Crippen molar-refractivity contribution in [2.75, 3.05) is 0 Å². The van der Waals surface area contributed by atoms with Crippen molar-refractivity contribution in [3.8, 4) is 0 Å². The molecule has 1 heterocycles. The summed E-state index contributed by atoms with van der Waals surface area (Å²) in [4.78, 5) is 0. The first-order valence-corrected chi connectivity index (χ1v) is 5.50. The third-order valence-corrected chi connectivity index (χ3v) is 3.05. The Labute approximate surface area is 96.7 Å². The van der Waals surface area contributed by atoms with Crippen LogP contribution in [0.25, 0.3) is 17.0 Å². The van der Waals surface area contributed by atoms with Crippen molar-refractivity contribution < 1.29 is 0 Å². The van der Waals surface area contributed by atoms with Crippen LogP contribution < -0.4 is 0 Å². The van der Waals surface area contributed by atoms with E-state index in [0.29, 0.717) is 0 Å². The molecule has 0 amide bonds. The number of hydrogen-bond acceptors (Lipinski definition) is 0. The Hall–Kier alpha value is -1.76. The molecule has 1 nitrogen and oxygen atoms in total. The van der Waals surface area contributed by atoms with Crippen molar-refractivity contribution in [1.29, 1.82) is 0 Å². The van der Waals surface area contributed by atoms with Crippen LogP contribution in [0.3, 0.4) is 0 Å². The van der Waals surface area contributed by atoms with Crippen molar-refractivity contribution in [1.82, 2.24) is 4.57 Å². The first-order valence-electron chi connectivity index (χ1n) is 5.50. The van der Waals surface area contributed by atoms with Gasteiger partial charge in [-0.3, -0.25) is 0 Å². The molecule has 0 unspecified atom stereocenters. The van der Waals surface area contributed by atoms with Crippen LogP contribution in [0, 0.1) is 13.8 Å². The van der Waals surface area contributed by atoms with E-state index in [1.165, 1.54) is 27.7 Å². The van der Waals surface area contributed by atoms with Gasteiger partial charge in [0.05, 0.1) is 0 Å². The molecule has 2 aromatic rings. The van der Waals surface area contributed by atoms with E-state index in [4.69, 9.17) is 0 Å². The zero-order valence-electron chi connectivity index (χ0n) is 10.1. The maximum absolute atomic E-state index is 3.71. The fourth-order valence-electron chi connectivity index (χ4n) is 2.15. The molecule has 1 heteroatoms. The molecule has 0 N–H and O–H groups in total. The van der Waals surface area contributed by atoms with Crippen molar-refractivity contribution in [2.45, 2.75) is 13.8 Å². The van der Waals surface area contributed by atoms with Gasteiger partial charge in [0.15, 0.2) is 0 Å². The molecular weight excluding hydrogens is 194 g/mol. The Morgan fingerprint density at radius 3 is 2.69 bits per heavy atom. The topological polar surface area (TPSA) is 4.93 Å². The quantitative estimate of drug-likeness (QED) is 0.662. The van der Waals surface area contributed by atoms with Crippen LogP contribution in [0.1, 0.15) is 16.8 Å². The second-order valence-electron chi connectivity index (χ2n) is 4.18. The monoisotopic (exact) mass is 211 g/mol. The average Bonchev–Trinajstić information content (AvgIpc) is 2.50. The maximum atomic E-state index is 3.71. The highest BCUT2D eigenvalue weighted by molar-refractivity contribution is 5.88. The first kappa shape index (κ1) is 10.7. The number of aromatic nitrogens is 1. The molecule has 0 saturated carbocycles. The zero-order chi connectivity index (χ0) is 11.7. The molecular formula is C15H17N. The van der Waals surface area contributed by atoms with Gasteiger partial charge in [0.1, 0.15) is 0 Å². The smallest absolute Gasteiger partial charge is 0.0487 e. The number of nitrogens with zero attached hydrogens (tertiary/aromatic N) is 1. The SMILES string of the molecule is C=C/C=C\c1c(C)c2ccc(C)cc2n1C. The molecule has 0 bridgehead atoms. The highest BCUT2D eigenvalue weighted by atomic mass is 14.9. The van der Waals surface area contributed by atoms with E-state index in [1.807, 2.05) is 12.2 Å². The molecule has 0 radical (unpaired) electrons. The Morgan fingerprint density at radius 2 is 2.00 bits per heavy atom. The third-order valence-electron chi connectivity index (χ3n) is 3.05. The zero-order valence-corrected chi connectivity index (χ0v) is 10.1. The summed E-state index contributed by atoms with van der Waals surface area (Å²) in [7, 11) is 2.11. The predicted molar refractivity (Wildman–Crippen MR) is 71.6 cm³/mol. The molecule has 1 aromatic heterocycles. The summed E-state index contributed by atoms with van der Waals surface area (Å²) in [6.45, 7) is 8.00. The van der Waals surface area contributed by atoms with E-state index in [9.17, 15) is 0 Å². The lowest BCUT2D eigenvalue weighted by Gasteiger charge is -2.00. The summed E-state index contributed by atoms with van der Waals surface area (Å²) in [5.74, 6) is 0. The maximum Gasteiger partial charge on any atom is 0.0487 e. The minimum atomic E-state index is 1.25. The minimum absolute atomic E-state index is 1.25. The van der Waals surface area contributed by atoms with Crippen molar-refractivity contribution >= 4 is 17.0 Å². The van der Waals surface area contributed by atoms with Gasteiger partial charge in [-0.1, -0.05) is 30.9 Å². The summed E-state index contributed by atoms with van der Waals surface area (Å²) in [6.07, 6.45) is 5.90. The summed E-state index contributed by atoms with van der Waals surface area (Å²) in [6, 6.07) is 6.59. The van der Waals surface area contributed by atoms with Crippen LogP contribution in [-0.4, -0.2) is 4.57 Å². The lowest BCUT2D eigenvalue weighted by molar-refractivity contribution is 0.948. The summed E-state index contributed by atoms with van der Waals surface area (Å²) in [5.41, 5.74) is 5.17. The molecule has 2 rings (SSSR count). The molecule has 16 heavy (non-hydrogen) atoms. The van der Waals surface area contributed by atoms with Gasteiger partial charge in [-0.15, -0.1) is 0 Å². The van der Waals surface area contributed by atoms with E-state index >= 15 is 0 Å². The van der Waals surface area contributed by atoms with Crippen molar-refractivity contribution in [2.24, 2.45) is 7.05 Å². The first-order chi connectivity index (χ1) is 7.65. The molecule has 0 spiro atoms. The Bertz CT molecular complexity index is 571. The standard InChI is InChI=1S/C15H17N/c1-5-6-7-14-12(3)13-9-8-11(2)10-15(13)16(14)4/h5-10H,1H2,2-4H3/b7-6-. The molecule has 1 aromatic carbocycles. The van der Waals surface area contributed by atoms with E-state index in [2.05, 4.69) is 56.3 Å². The number of aryl methyl sites for hydroxylation is 3. The van der Waals surface area contributed by atoms with Gasteiger partial charge < -0.3 is 4.57 Å². The predicted octanol–water partition coefficient (Wildman–Crippen LogP) is 3.99. The van der Waals surface area contributed by atoms with Crippen LogP contribution in [-0.2, 0) is 7.05 Å². The lowest BCUT2D eigenvalue weighted by atomic mass is 10.1. The van der Waals surface area contributed by atoms with Crippen molar-refractivity contribution in [3.63, 3.8) is 0 Å². The van der Waals surface area contributed by atoms with Gasteiger partial charge in [0.2, 0.25) is 0 Å². The molecule has 0 atom stereocenters. The van der Waals surface area contributed by atoms with Gasteiger partial charge in [-0.25, -0.2) is 0 Å². The van der Waals surface area contributed by atoms with E-state index in [0.717, 1.165) is 0 Å². The number of hydrogen-bond donors (Lipinski definition) is 0. The Kier molecular flexibility index (Phi) is 2.69. The second-order valence-corrected chi connectivity index (χ2v) is 4.18. The van der Waals surface area contributed by atoms with Crippen LogP contribution in [0.15, 0.2) is 36.9 Å². The number of fused-ring (bicyclic) bond motifs is 1. The van der Waals surface area contributed by atoms with Crippen LogP contribution >= 0.6 is 0 Å². The summed E-state index contributed by atoms with van der Waals surface area (Å²) >= 11 is 0. The number of allylic oxidation sites excluding steroid dienone is 2. The van der Waals surface area contributed by atoms with Crippen LogP contribution in [0.5, 0.6) is 0 Å². The Balaban J connectivity index is 2.76. The lowest BCUT2D eigenvalue weighted by Crippen LogP contribution is -1.90. The van der Waals surface area contributed by atoms with Crippen molar-refractivity contribution in [3.05, 3.63) is 53.8 Å². The number of rotatable bonds is 2. The molecule has 82 valence electrons.